The molecule has 3 aliphatic heterocycles. The van der Waals surface area contributed by atoms with E-state index in [1.165, 1.54) is 43.4 Å². The van der Waals surface area contributed by atoms with Gasteiger partial charge in [-0.05, 0) is 77.2 Å². The van der Waals surface area contributed by atoms with Gasteiger partial charge in [0.15, 0.2) is 0 Å². The fourth-order valence-electron chi connectivity index (χ4n) is 7.37. The summed E-state index contributed by atoms with van der Waals surface area (Å²) in [6.45, 7) is 0. The molecule has 4 aromatic carbocycles. The van der Waals surface area contributed by atoms with Gasteiger partial charge in [0.25, 0.3) is 0 Å². The number of hydrogen-bond acceptors (Lipinski definition) is 6. The highest BCUT2D eigenvalue weighted by Gasteiger charge is 2.57. The van der Waals surface area contributed by atoms with Gasteiger partial charge in [-0.15, -0.1) is 11.8 Å². The van der Waals surface area contributed by atoms with Gasteiger partial charge in [0, 0.05) is 57.0 Å². The van der Waals surface area contributed by atoms with Crippen molar-refractivity contribution in [2.45, 2.75) is 28.9 Å². The first kappa shape index (κ1) is 26.0. The van der Waals surface area contributed by atoms with E-state index in [-0.39, 0.29) is 12.3 Å². The summed E-state index contributed by atoms with van der Waals surface area (Å²) in [6.07, 6.45) is 8.43. The molecule has 0 aliphatic carbocycles. The molecule has 4 unspecified atom stereocenters. The quantitative estimate of drug-likeness (QED) is 0.182. The highest BCUT2D eigenvalue weighted by molar-refractivity contribution is 8.00. The zero-order valence-corrected chi connectivity index (χ0v) is 25.6. The van der Waals surface area contributed by atoms with Crippen LogP contribution < -0.4 is 0 Å². The second-order valence-corrected chi connectivity index (χ2v) is 13.3. The molecule has 1 saturated heterocycles. The summed E-state index contributed by atoms with van der Waals surface area (Å²) in [5, 5.41) is 7.76. The molecule has 0 bridgehead atoms. The zero-order valence-electron chi connectivity index (χ0n) is 24.8. The molecule has 4 atom stereocenters. The Morgan fingerprint density at radius 2 is 1.41 bits per heavy atom. The number of hydrogen-bond donors (Lipinski definition) is 0. The van der Waals surface area contributed by atoms with Crippen LogP contribution in [-0.2, 0) is 6.42 Å². The van der Waals surface area contributed by atoms with Crippen LogP contribution in [-0.4, -0.2) is 30.4 Å². The van der Waals surface area contributed by atoms with Crippen molar-refractivity contribution in [1.82, 2.24) is 24.6 Å². The van der Waals surface area contributed by atoms with Crippen LogP contribution in [0, 0.1) is 0 Å². The van der Waals surface area contributed by atoms with Gasteiger partial charge in [0.05, 0.1) is 11.0 Å². The Bertz CT molecular complexity index is 2300. The lowest BCUT2D eigenvalue weighted by Crippen LogP contribution is -2.11. The summed E-state index contributed by atoms with van der Waals surface area (Å²) in [5.41, 5.74) is 9.89. The summed E-state index contributed by atoms with van der Waals surface area (Å²) in [4.78, 5) is 15.2. The minimum absolute atomic E-state index is 0.114. The molecule has 0 spiro atoms. The number of nitrogens with zero attached hydrogens (tertiary/aromatic N) is 6. The fourth-order valence-corrected chi connectivity index (χ4v) is 8.84. The van der Waals surface area contributed by atoms with Gasteiger partial charge < -0.3 is 4.57 Å². The summed E-state index contributed by atoms with van der Waals surface area (Å²) in [5.74, 6) is 0.969. The Kier molecular flexibility index (Phi) is 5.74. The topological polar surface area (TPSA) is 49.1 Å². The molecule has 1 fully saturated rings. The second-order valence-electron chi connectivity index (χ2n) is 12.1. The molecule has 3 aliphatic rings. The lowest BCUT2D eigenvalue weighted by molar-refractivity contribution is 0.341. The van der Waals surface area contributed by atoms with Crippen LogP contribution in [0.3, 0.4) is 0 Å². The van der Waals surface area contributed by atoms with E-state index < -0.39 is 0 Å². The van der Waals surface area contributed by atoms with E-state index in [1.807, 2.05) is 48.7 Å². The first-order valence-corrected chi connectivity index (χ1v) is 16.5. The molecule has 46 heavy (non-hydrogen) atoms. The first-order chi connectivity index (χ1) is 22.8. The van der Waals surface area contributed by atoms with E-state index in [2.05, 4.69) is 128 Å². The Labute approximate surface area is 270 Å². The van der Waals surface area contributed by atoms with Crippen LogP contribution in [0.4, 0.5) is 0 Å². The van der Waals surface area contributed by atoms with Gasteiger partial charge in [-0.25, -0.2) is 4.99 Å². The molecule has 0 N–H and O–H groups in total. The lowest BCUT2D eigenvalue weighted by Gasteiger charge is -2.14. The van der Waals surface area contributed by atoms with Gasteiger partial charge in [0.2, 0.25) is 0 Å². The number of aromatic nitrogens is 3. The number of pyridine rings is 2. The lowest BCUT2D eigenvalue weighted by atomic mass is 10.0. The SMILES string of the molecule is c1ccc(C2Cc3ccc4c(c3S2)c2ccccc2n4-c2cccc(C3N=C(c4ccncc4)N4C(c5ccncc5)N34)c2)cc1. The number of amidine groups is 1. The smallest absolute Gasteiger partial charge is 0.150 e. The number of benzene rings is 4. The Morgan fingerprint density at radius 1 is 0.652 bits per heavy atom. The van der Waals surface area contributed by atoms with Crippen molar-refractivity contribution in [3.8, 4) is 5.69 Å². The van der Waals surface area contributed by atoms with Gasteiger partial charge in [-0.3, -0.25) is 15.0 Å². The third kappa shape index (κ3) is 3.92. The average Bonchev–Trinajstić information content (AvgIpc) is 3.39. The number of para-hydroxylation sites is 1. The summed E-state index contributed by atoms with van der Waals surface area (Å²) in [6, 6.07) is 41.6. The second kappa shape index (κ2) is 10.1. The van der Waals surface area contributed by atoms with Crippen molar-refractivity contribution in [3.63, 3.8) is 0 Å². The molecule has 7 heteroatoms. The van der Waals surface area contributed by atoms with E-state index in [0.717, 1.165) is 29.1 Å². The van der Waals surface area contributed by atoms with Crippen molar-refractivity contribution in [3.05, 3.63) is 168 Å². The van der Waals surface area contributed by atoms with Crippen LogP contribution in [0.25, 0.3) is 27.5 Å². The van der Waals surface area contributed by atoms with Crippen LogP contribution >= 0.6 is 11.8 Å². The molecular formula is C39H28N6S. The largest absolute Gasteiger partial charge is 0.309 e. The summed E-state index contributed by atoms with van der Waals surface area (Å²) in [7, 11) is 0. The molecule has 10 rings (SSSR count). The van der Waals surface area contributed by atoms with Crippen LogP contribution in [0.2, 0.25) is 0 Å². The van der Waals surface area contributed by atoms with Crippen molar-refractivity contribution in [2.75, 3.05) is 0 Å². The predicted octanol–water partition coefficient (Wildman–Crippen LogP) is 8.65. The summed E-state index contributed by atoms with van der Waals surface area (Å²) < 4.78 is 2.44. The van der Waals surface area contributed by atoms with Crippen molar-refractivity contribution < 1.29 is 0 Å². The Morgan fingerprint density at radius 3 is 2.26 bits per heavy atom. The van der Waals surface area contributed by atoms with Crippen LogP contribution in [0.15, 0.2) is 150 Å². The Hall–Kier alpha value is -5.24. The maximum absolute atomic E-state index is 5.28. The monoisotopic (exact) mass is 612 g/mol. The van der Waals surface area contributed by atoms with Crippen molar-refractivity contribution >= 4 is 39.4 Å². The molecule has 6 heterocycles. The number of aliphatic imine (C=N–C) groups is 1. The maximum Gasteiger partial charge on any atom is 0.150 e. The molecule has 3 aromatic heterocycles. The first-order valence-electron chi connectivity index (χ1n) is 15.7. The molecule has 7 aromatic rings. The average molecular weight is 613 g/mol. The highest BCUT2D eigenvalue weighted by atomic mass is 32.2. The number of thioether (sulfide) groups is 1. The molecule has 6 nitrogen and oxygen atoms in total. The molecule has 0 saturated carbocycles. The number of fused-ring (bicyclic) bond motifs is 6. The minimum Gasteiger partial charge on any atom is -0.309 e. The Balaban J connectivity index is 1.09. The fraction of sp³-hybridized carbons (Fsp3) is 0.103. The van der Waals surface area contributed by atoms with E-state index in [9.17, 15) is 0 Å². The highest BCUT2D eigenvalue weighted by Crippen LogP contribution is 2.55. The van der Waals surface area contributed by atoms with Gasteiger partial charge in [-0.1, -0.05) is 66.7 Å². The van der Waals surface area contributed by atoms with E-state index >= 15 is 0 Å². The van der Waals surface area contributed by atoms with Crippen molar-refractivity contribution in [1.29, 1.82) is 0 Å². The molecule has 0 radical (unpaired) electrons. The van der Waals surface area contributed by atoms with E-state index in [1.54, 1.807) is 0 Å². The van der Waals surface area contributed by atoms with Crippen molar-refractivity contribution in [2.24, 2.45) is 4.99 Å². The van der Waals surface area contributed by atoms with Gasteiger partial charge >= 0.3 is 0 Å². The third-order valence-corrected chi connectivity index (χ3v) is 10.9. The van der Waals surface area contributed by atoms with Gasteiger partial charge in [-0.2, -0.15) is 5.01 Å². The number of rotatable bonds is 5. The maximum atomic E-state index is 5.28. The third-order valence-electron chi connectivity index (χ3n) is 9.47. The predicted molar refractivity (Wildman–Crippen MR) is 184 cm³/mol. The van der Waals surface area contributed by atoms with Gasteiger partial charge in [0.1, 0.15) is 18.2 Å². The molecular weight excluding hydrogens is 585 g/mol. The van der Waals surface area contributed by atoms with Crippen LogP contribution in [0.1, 0.15) is 45.4 Å². The standard InChI is InChI=1S/C39H28N6S/c1-2-7-25(8-3-1)34-24-28-13-14-33-35(36(28)46-34)31-11-4-5-12-32(31)43(33)30-10-6-9-29(23-30)38-42-37(26-15-19-40-20-16-26)44-39(45(38)44)27-17-21-41-22-18-27/h1-23,34,38-39H,24H2. The molecule has 220 valence electrons. The van der Waals surface area contributed by atoms with E-state index in [4.69, 9.17) is 4.99 Å². The molecule has 0 amide bonds. The summed E-state index contributed by atoms with van der Waals surface area (Å²) >= 11 is 2.02. The van der Waals surface area contributed by atoms with Crippen LogP contribution in [0.5, 0.6) is 0 Å². The normalized spacial score (nSPS) is 21.4. The minimum atomic E-state index is -0.138. The number of hydrazine groups is 1. The zero-order chi connectivity index (χ0) is 30.2. The van der Waals surface area contributed by atoms with E-state index in [0.29, 0.717) is 5.25 Å².